The quantitative estimate of drug-likeness (QED) is 0.870. The smallest absolute Gasteiger partial charge is 0.410 e. The van der Waals surface area contributed by atoms with Gasteiger partial charge in [0.2, 0.25) is 0 Å². The fourth-order valence-corrected chi connectivity index (χ4v) is 2.92. The zero-order chi connectivity index (χ0) is 17.9. The van der Waals surface area contributed by atoms with E-state index >= 15 is 0 Å². The van der Waals surface area contributed by atoms with Crippen LogP contribution in [0.3, 0.4) is 0 Å². The predicted octanol–water partition coefficient (Wildman–Crippen LogP) is 4.39. The summed E-state index contributed by atoms with van der Waals surface area (Å²) in [6.45, 7) is 9.83. The van der Waals surface area contributed by atoms with Crippen molar-refractivity contribution in [2.75, 3.05) is 19.6 Å². The average Bonchev–Trinajstić information content (AvgIpc) is 2.95. The van der Waals surface area contributed by atoms with E-state index in [-0.39, 0.29) is 17.2 Å². The molecule has 1 fully saturated rings. The van der Waals surface area contributed by atoms with Crippen molar-refractivity contribution >= 4 is 17.7 Å². The largest absolute Gasteiger partial charge is 0.444 e. The minimum Gasteiger partial charge on any atom is -0.444 e. The van der Waals surface area contributed by atoms with E-state index in [2.05, 4.69) is 5.32 Å². The van der Waals surface area contributed by atoms with Crippen LogP contribution in [0, 0.1) is 11.7 Å². The minimum absolute atomic E-state index is 0.0682. The summed E-state index contributed by atoms with van der Waals surface area (Å²) >= 11 is 5.83. The summed E-state index contributed by atoms with van der Waals surface area (Å²) in [4.78, 5) is 13.8. The summed E-state index contributed by atoms with van der Waals surface area (Å²) in [5.74, 6) is -0.0210. The Hall–Kier alpha value is -1.33. The van der Waals surface area contributed by atoms with Crippen molar-refractivity contribution in [1.82, 2.24) is 10.2 Å². The Morgan fingerprint density at radius 2 is 2.21 bits per heavy atom. The monoisotopic (exact) mass is 356 g/mol. The Balaban J connectivity index is 1.81. The summed E-state index contributed by atoms with van der Waals surface area (Å²) < 4.78 is 18.6. The van der Waals surface area contributed by atoms with Gasteiger partial charge in [0.05, 0.1) is 5.02 Å². The highest BCUT2D eigenvalue weighted by Gasteiger charge is 2.29. The predicted molar refractivity (Wildman–Crippen MR) is 93.7 cm³/mol. The number of hydrogen-bond acceptors (Lipinski definition) is 3. The number of nitrogens with zero attached hydrogens (tertiary/aromatic N) is 1. The molecule has 0 bridgehead atoms. The number of carbonyl (C=O) groups is 1. The van der Waals surface area contributed by atoms with E-state index in [4.69, 9.17) is 16.3 Å². The van der Waals surface area contributed by atoms with Crippen LogP contribution in [0.5, 0.6) is 0 Å². The van der Waals surface area contributed by atoms with Gasteiger partial charge in [0, 0.05) is 25.7 Å². The van der Waals surface area contributed by atoms with Crippen LogP contribution in [0.25, 0.3) is 0 Å². The van der Waals surface area contributed by atoms with Crippen molar-refractivity contribution in [2.45, 2.75) is 45.8 Å². The maximum absolute atomic E-state index is 13.2. The number of likely N-dealkylation sites (tertiary alicyclic amines) is 1. The SMILES string of the molecule is CC(NCC1CCN(C(=O)OC(C)(C)C)C1)c1ccc(F)c(Cl)c1. The highest BCUT2D eigenvalue weighted by Crippen LogP contribution is 2.23. The number of rotatable bonds is 4. The zero-order valence-corrected chi connectivity index (χ0v) is 15.5. The highest BCUT2D eigenvalue weighted by atomic mass is 35.5. The van der Waals surface area contributed by atoms with Crippen LogP contribution in [0.1, 0.15) is 45.7 Å². The Morgan fingerprint density at radius 1 is 1.50 bits per heavy atom. The van der Waals surface area contributed by atoms with Gasteiger partial charge in [-0.25, -0.2) is 9.18 Å². The van der Waals surface area contributed by atoms with Crippen LogP contribution in [0.4, 0.5) is 9.18 Å². The molecule has 1 aliphatic rings. The molecule has 2 rings (SSSR count). The topological polar surface area (TPSA) is 41.6 Å². The Kier molecular flexibility index (Phi) is 6.10. The standard InChI is InChI=1S/C18H26ClFN2O2/c1-12(14-5-6-16(20)15(19)9-14)21-10-13-7-8-22(11-13)17(23)24-18(2,3)4/h5-6,9,12-13,21H,7-8,10-11H2,1-4H3. The lowest BCUT2D eigenvalue weighted by atomic mass is 10.1. The molecule has 1 N–H and O–H groups in total. The number of ether oxygens (including phenoxy) is 1. The van der Waals surface area contributed by atoms with Gasteiger partial charge in [-0.1, -0.05) is 17.7 Å². The molecular formula is C18H26ClFN2O2. The van der Waals surface area contributed by atoms with Gasteiger partial charge in [-0.2, -0.15) is 0 Å². The lowest BCUT2D eigenvalue weighted by Crippen LogP contribution is -2.36. The molecule has 2 atom stereocenters. The lowest BCUT2D eigenvalue weighted by molar-refractivity contribution is 0.0288. The zero-order valence-electron chi connectivity index (χ0n) is 14.7. The fraction of sp³-hybridized carbons (Fsp3) is 0.611. The van der Waals surface area contributed by atoms with Crippen LogP contribution >= 0.6 is 11.6 Å². The van der Waals surface area contributed by atoms with Crippen molar-refractivity contribution < 1.29 is 13.9 Å². The summed E-state index contributed by atoms with van der Waals surface area (Å²) in [5.41, 5.74) is 0.479. The summed E-state index contributed by atoms with van der Waals surface area (Å²) in [5, 5.41) is 3.57. The van der Waals surface area contributed by atoms with Gasteiger partial charge in [-0.05, 0) is 57.7 Å². The lowest BCUT2D eigenvalue weighted by Gasteiger charge is -2.24. The molecule has 1 aromatic rings. The summed E-state index contributed by atoms with van der Waals surface area (Å²) in [6.07, 6.45) is 0.701. The van der Waals surface area contributed by atoms with E-state index in [1.54, 1.807) is 17.0 Å². The molecule has 1 heterocycles. The fourth-order valence-electron chi connectivity index (χ4n) is 2.73. The average molecular weight is 357 g/mol. The Bertz CT molecular complexity index is 589. The van der Waals surface area contributed by atoms with E-state index in [0.717, 1.165) is 25.1 Å². The van der Waals surface area contributed by atoms with E-state index < -0.39 is 11.4 Å². The summed E-state index contributed by atoms with van der Waals surface area (Å²) in [6, 6.07) is 4.84. The first-order valence-corrected chi connectivity index (χ1v) is 8.70. The molecule has 24 heavy (non-hydrogen) atoms. The molecule has 1 amide bonds. The van der Waals surface area contributed by atoms with E-state index in [9.17, 15) is 9.18 Å². The molecule has 1 saturated heterocycles. The molecule has 0 radical (unpaired) electrons. The van der Waals surface area contributed by atoms with Gasteiger partial charge >= 0.3 is 6.09 Å². The van der Waals surface area contributed by atoms with Crippen LogP contribution in [-0.4, -0.2) is 36.2 Å². The molecule has 0 aliphatic carbocycles. The van der Waals surface area contributed by atoms with Crippen LogP contribution in [0.15, 0.2) is 18.2 Å². The number of benzene rings is 1. The molecule has 134 valence electrons. The van der Waals surface area contributed by atoms with Crippen molar-refractivity contribution in [3.8, 4) is 0 Å². The molecule has 0 aromatic heterocycles. The summed E-state index contributed by atoms with van der Waals surface area (Å²) in [7, 11) is 0. The molecule has 4 nitrogen and oxygen atoms in total. The molecule has 0 spiro atoms. The third-order valence-electron chi connectivity index (χ3n) is 4.09. The second-order valence-electron chi connectivity index (χ2n) is 7.38. The number of halogens is 2. The van der Waals surface area contributed by atoms with Gasteiger partial charge in [0.15, 0.2) is 0 Å². The molecular weight excluding hydrogens is 331 g/mol. The normalized spacial score (nSPS) is 19.4. The maximum Gasteiger partial charge on any atom is 0.410 e. The van der Waals surface area contributed by atoms with E-state index in [0.29, 0.717) is 12.5 Å². The third-order valence-corrected chi connectivity index (χ3v) is 4.38. The number of carbonyl (C=O) groups excluding carboxylic acids is 1. The van der Waals surface area contributed by atoms with E-state index in [1.807, 2.05) is 27.7 Å². The first-order valence-electron chi connectivity index (χ1n) is 8.32. The van der Waals surface area contributed by atoms with Crippen LogP contribution < -0.4 is 5.32 Å². The van der Waals surface area contributed by atoms with Crippen molar-refractivity contribution in [3.05, 3.63) is 34.6 Å². The highest BCUT2D eigenvalue weighted by molar-refractivity contribution is 6.30. The molecule has 1 aliphatic heterocycles. The van der Waals surface area contributed by atoms with Crippen LogP contribution in [0.2, 0.25) is 5.02 Å². The van der Waals surface area contributed by atoms with Crippen molar-refractivity contribution in [1.29, 1.82) is 0 Å². The minimum atomic E-state index is -0.468. The first kappa shape index (κ1) is 19.0. The van der Waals surface area contributed by atoms with E-state index in [1.165, 1.54) is 6.07 Å². The Morgan fingerprint density at radius 3 is 2.83 bits per heavy atom. The van der Waals surface area contributed by atoms with Crippen molar-refractivity contribution in [2.24, 2.45) is 5.92 Å². The van der Waals surface area contributed by atoms with Crippen LogP contribution in [-0.2, 0) is 4.74 Å². The maximum atomic E-state index is 13.2. The molecule has 0 saturated carbocycles. The number of nitrogens with one attached hydrogen (secondary N) is 1. The number of hydrogen-bond donors (Lipinski definition) is 1. The number of amides is 1. The van der Waals surface area contributed by atoms with Gasteiger partial charge < -0.3 is 15.0 Å². The first-order chi connectivity index (χ1) is 11.2. The molecule has 1 aromatic carbocycles. The molecule has 6 heteroatoms. The second-order valence-corrected chi connectivity index (χ2v) is 7.79. The van der Waals surface area contributed by atoms with Gasteiger partial charge in [0.25, 0.3) is 0 Å². The van der Waals surface area contributed by atoms with Gasteiger partial charge in [0.1, 0.15) is 11.4 Å². The molecule has 2 unspecified atom stereocenters. The van der Waals surface area contributed by atoms with Crippen molar-refractivity contribution in [3.63, 3.8) is 0 Å². The van der Waals surface area contributed by atoms with Gasteiger partial charge in [-0.3, -0.25) is 0 Å². The van der Waals surface area contributed by atoms with Gasteiger partial charge in [-0.15, -0.1) is 0 Å². The Labute approximate surface area is 148 Å². The second kappa shape index (κ2) is 7.70. The third kappa shape index (κ3) is 5.35.